The zero-order valence-electron chi connectivity index (χ0n) is 5.03. The van der Waals surface area contributed by atoms with E-state index in [1.165, 1.54) is 6.08 Å². The molecule has 0 nitrogen and oxygen atoms in total. The zero-order chi connectivity index (χ0) is 7.28. The molecule has 0 fully saturated rings. The van der Waals surface area contributed by atoms with Crippen LogP contribution >= 0.6 is 15.9 Å². The van der Waals surface area contributed by atoms with Crippen LogP contribution in [0.5, 0.6) is 0 Å². The Morgan fingerprint density at radius 2 is 2.22 bits per heavy atom. The molecule has 0 N–H and O–H groups in total. The van der Waals surface area contributed by atoms with Gasteiger partial charge in [0.2, 0.25) is 0 Å². The Hall–Kier alpha value is -0.370. The maximum absolute atomic E-state index is 12.2. The van der Waals surface area contributed by atoms with E-state index < -0.39 is 5.83 Å². The van der Waals surface area contributed by atoms with Crippen molar-refractivity contribution < 1.29 is 4.39 Å². The summed E-state index contributed by atoms with van der Waals surface area (Å²) in [7, 11) is 0. The molecule has 0 radical (unpaired) electrons. The minimum absolute atomic E-state index is 0.410. The summed E-state index contributed by atoms with van der Waals surface area (Å²) in [5.74, 6) is -0.410. The molecule has 0 aliphatic carbocycles. The van der Waals surface area contributed by atoms with Gasteiger partial charge >= 0.3 is 0 Å². The molecule has 0 bridgehead atoms. The highest BCUT2D eigenvalue weighted by atomic mass is 79.9. The van der Waals surface area contributed by atoms with Crippen LogP contribution in [0.15, 0.2) is 36.7 Å². The maximum atomic E-state index is 12.2. The Balaban J connectivity index is 4.14. The highest BCUT2D eigenvalue weighted by molar-refractivity contribution is 9.09. The maximum Gasteiger partial charge on any atom is 0.120 e. The molecule has 0 aromatic rings. The molecule has 0 saturated heterocycles. The number of halogens is 2. The van der Waals surface area contributed by atoms with Crippen molar-refractivity contribution in [1.82, 2.24) is 0 Å². The Labute approximate surface area is 62.9 Å². The minimum atomic E-state index is -0.410. The number of hydrogen-bond acceptors (Lipinski definition) is 0. The summed E-state index contributed by atoms with van der Waals surface area (Å²) in [6, 6.07) is 0. The first-order valence-electron chi connectivity index (χ1n) is 2.44. The van der Waals surface area contributed by atoms with E-state index in [1.807, 2.05) is 0 Å². The monoisotopic (exact) mass is 190 g/mol. The molecule has 0 unspecified atom stereocenters. The second kappa shape index (κ2) is 4.50. The molecule has 0 atom stereocenters. The van der Waals surface area contributed by atoms with E-state index >= 15 is 0 Å². The van der Waals surface area contributed by atoms with Gasteiger partial charge in [-0.3, -0.25) is 0 Å². The second-order valence-corrected chi connectivity index (χ2v) is 2.03. The van der Waals surface area contributed by atoms with Crippen molar-refractivity contribution >= 4 is 15.9 Å². The van der Waals surface area contributed by atoms with Crippen molar-refractivity contribution in [2.24, 2.45) is 0 Å². The Morgan fingerprint density at radius 1 is 1.67 bits per heavy atom. The summed E-state index contributed by atoms with van der Waals surface area (Å²) in [5.41, 5.74) is 0.532. The van der Waals surface area contributed by atoms with E-state index in [4.69, 9.17) is 0 Å². The molecule has 0 aliphatic rings. The third-order valence-corrected chi connectivity index (χ3v) is 1.42. The highest BCUT2D eigenvalue weighted by Crippen LogP contribution is 2.11. The van der Waals surface area contributed by atoms with Gasteiger partial charge in [0.1, 0.15) is 5.83 Å². The molecule has 0 rings (SSSR count). The molecule has 0 aliphatic heterocycles. The van der Waals surface area contributed by atoms with Gasteiger partial charge < -0.3 is 0 Å². The average molecular weight is 191 g/mol. The lowest BCUT2D eigenvalue weighted by molar-refractivity contribution is 0.657. The SMILES string of the molecule is C=C/C=C(/CBr)C(=C)F. The second-order valence-electron chi connectivity index (χ2n) is 1.47. The van der Waals surface area contributed by atoms with Crippen molar-refractivity contribution in [2.75, 3.05) is 5.33 Å². The van der Waals surface area contributed by atoms with E-state index in [9.17, 15) is 4.39 Å². The Morgan fingerprint density at radius 3 is 2.33 bits per heavy atom. The average Bonchev–Trinajstić information content (AvgIpc) is 1.82. The van der Waals surface area contributed by atoms with Gasteiger partial charge in [0.25, 0.3) is 0 Å². The molecule has 50 valence electrons. The smallest absolute Gasteiger partial charge is 0.120 e. The summed E-state index contributed by atoms with van der Waals surface area (Å²) < 4.78 is 12.2. The van der Waals surface area contributed by atoms with E-state index in [0.29, 0.717) is 10.9 Å². The van der Waals surface area contributed by atoms with Crippen molar-refractivity contribution in [2.45, 2.75) is 0 Å². The van der Waals surface area contributed by atoms with Gasteiger partial charge in [-0.05, 0) is 5.57 Å². The summed E-state index contributed by atoms with van der Waals surface area (Å²) in [4.78, 5) is 0. The van der Waals surface area contributed by atoms with Gasteiger partial charge in [-0.2, -0.15) is 0 Å². The predicted octanol–water partition coefficient (Wildman–Crippen LogP) is 2.98. The summed E-state index contributed by atoms with van der Waals surface area (Å²) in [6.45, 7) is 6.56. The first-order chi connectivity index (χ1) is 4.22. The summed E-state index contributed by atoms with van der Waals surface area (Å²) in [5, 5.41) is 0.481. The van der Waals surface area contributed by atoms with Gasteiger partial charge in [0.05, 0.1) is 0 Å². The van der Waals surface area contributed by atoms with Crippen LogP contribution in [0.25, 0.3) is 0 Å². The third kappa shape index (κ3) is 3.25. The fourth-order valence-electron chi connectivity index (χ4n) is 0.350. The highest BCUT2D eigenvalue weighted by Gasteiger charge is 1.95. The van der Waals surface area contributed by atoms with Crippen molar-refractivity contribution in [3.8, 4) is 0 Å². The lowest BCUT2D eigenvalue weighted by atomic mass is 10.2. The molecular formula is C7H8BrF. The van der Waals surface area contributed by atoms with Crippen LogP contribution in [0, 0.1) is 0 Å². The topological polar surface area (TPSA) is 0 Å². The predicted molar refractivity (Wildman–Crippen MR) is 42.3 cm³/mol. The van der Waals surface area contributed by atoms with Crippen LogP contribution in [0.4, 0.5) is 4.39 Å². The van der Waals surface area contributed by atoms with Crippen LogP contribution in [0.2, 0.25) is 0 Å². The number of rotatable bonds is 3. The number of alkyl halides is 1. The van der Waals surface area contributed by atoms with E-state index in [2.05, 4.69) is 29.1 Å². The standard InChI is InChI=1S/C7H8BrF/c1-3-4-7(5-8)6(2)9/h3-4H,1-2,5H2/b7-4-. The van der Waals surface area contributed by atoms with Crippen LogP contribution in [0.1, 0.15) is 0 Å². The Bertz CT molecular complexity index is 147. The van der Waals surface area contributed by atoms with Crippen molar-refractivity contribution in [3.63, 3.8) is 0 Å². The lowest BCUT2D eigenvalue weighted by Crippen LogP contribution is -1.81. The number of hydrogen-bond donors (Lipinski definition) is 0. The van der Waals surface area contributed by atoms with Gasteiger partial charge in [-0.15, -0.1) is 0 Å². The van der Waals surface area contributed by atoms with E-state index in [-0.39, 0.29) is 0 Å². The molecule has 2 heteroatoms. The minimum Gasteiger partial charge on any atom is -0.207 e. The molecule has 0 spiro atoms. The van der Waals surface area contributed by atoms with Gasteiger partial charge in [0.15, 0.2) is 0 Å². The fourth-order valence-corrected chi connectivity index (χ4v) is 0.841. The number of allylic oxidation sites excluding steroid dienone is 4. The van der Waals surface area contributed by atoms with Gasteiger partial charge in [0, 0.05) is 5.33 Å². The largest absolute Gasteiger partial charge is 0.207 e. The van der Waals surface area contributed by atoms with Crippen LogP contribution in [-0.4, -0.2) is 5.33 Å². The lowest BCUT2D eigenvalue weighted by Gasteiger charge is -1.93. The first kappa shape index (κ1) is 8.63. The molecule has 0 aromatic carbocycles. The quantitative estimate of drug-likeness (QED) is 0.475. The molecule has 0 saturated carbocycles. The first-order valence-corrected chi connectivity index (χ1v) is 3.57. The van der Waals surface area contributed by atoms with Crippen LogP contribution < -0.4 is 0 Å². The molecule has 0 aromatic heterocycles. The van der Waals surface area contributed by atoms with Crippen LogP contribution in [0.3, 0.4) is 0 Å². The van der Waals surface area contributed by atoms with E-state index in [1.54, 1.807) is 6.08 Å². The summed E-state index contributed by atoms with van der Waals surface area (Å²) >= 11 is 3.10. The summed E-state index contributed by atoms with van der Waals surface area (Å²) in [6.07, 6.45) is 3.11. The third-order valence-electron chi connectivity index (χ3n) is 0.811. The molecule has 0 amide bonds. The zero-order valence-corrected chi connectivity index (χ0v) is 6.62. The fraction of sp³-hybridized carbons (Fsp3) is 0.143. The molecule has 9 heavy (non-hydrogen) atoms. The van der Waals surface area contributed by atoms with Crippen molar-refractivity contribution in [3.05, 3.63) is 36.7 Å². The van der Waals surface area contributed by atoms with E-state index in [0.717, 1.165) is 0 Å². The van der Waals surface area contributed by atoms with Gasteiger partial charge in [-0.1, -0.05) is 41.2 Å². The van der Waals surface area contributed by atoms with Crippen LogP contribution in [-0.2, 0) is 0 Å². The normalized spacial score (nSPS) is 11.1. The molecular weight excluding hydrogens is 183 g/mol. The van der Waals surface area contributed by atoms with Crippen molar-refractivity contribution in [1.29, 1.82) is 0 Å². The van der Waals surface area contributed by atoms with Gasteiger partial charge in [-0.25, -0.2) is 4.39 Å². The Kier molecular flexibility index (Phi) is 4.32. The molecule has 0 heterocycles.